The van der Waals surface area contributed by atoms with Crippen molar-refractivity contribution in [3.05, 3.63) is 83.9 Å². The fourth-order valence-electron chi connectivity index (χ4n) is 3.37. The lowest BCUT2D eigenvalue weighted by Gasteiger charge is -2.10. The maximum atomic E-state index is 12.7. The third-order valence-electron chi connectivity index (χ3n) is 4.82. The standard InChI is InChI=1S/C24H20N2O3/c1-28-22-12-11-16-7-5-6-10-19(16)21(22)15-25-26-24(27)20-13-17-8-3-4-9-18(17)14-23(20)29-2/h3-15H,1-2H3,(H,26,27). The van der Waals surface area contributed by atoms with Crippen LogP contribution in [0.1, 0.15) is 15.9 Å². The molecule has 0 aliphatic carbocycles. The summed E-state index contributed by atoms with van der Waals surface area (Å²) in [4.78, 5) is 12.7. The molecule has 29 heavy (non-hydrogen) atoms. The Morgan fingerprint density at radius 2 is 1.48 bits per heavy atom. The van der Waals surface area contributed by atoms with Gasteiger partial charge in [0.1, 0.15) is 11.5 Å². The third-order valence-corrected chi connectivity index (χ3v) is 4.82. The van der Waals surface area contributed by atoms with Crippen molar-refractivity contribution in [3.8, 4) is 11.5 Å². The molecule has 4 aromatic carbocycles. The van der Waals surface area contributed by atoms with E-state index in [1.165, 1.54) is 0 Å². The van der Waals surface area contributed by atoms with E-state index in [9.17, 15) is 4.79 Å². The monoisotopic (exact) mass is 384 g/mol. The summed E-state index contributed by atoms with van der Waals surface area (Å²) >= 11 is 0. The Bertz CT molecular complexity index is 1230. The molecule has 0 unspecified atom stereocenters. The van der Waals surface area contributed by atoms with Crippen LogP contribution in [0.5, 0.6) is 11.5 Å². The van der Waals surface area contributed by atoms with Gasteiger partial charge in [0.15, 0.2) is 0 Å². The SMILES string of the molecule is COc1cc2ccccc2cc1C(=O)NN=Cc1c(OC)ccc2ccccc12. The minimum Gasteiger partial charge on any atom is -0.496 e. The second-order valence-corrected chi connectivity index (χ2v) is 6.50. The highest BCUT2D eigenvalue weighted by molar-refractivity contribution is 6.04. The lowest BCUT2D eigenvalue weighted by molar-refractivity contribution is 0.0952. The molecule has 4 aromatic rings. The van der Waals surface area contributed by atoms with Gasteiger partial charge in [-0.25, -0.2) is 5.43 Å². The Balaban J connectivity index is 1.65. The summed E-state index contributed by atoms with van der Waals surface area (Å²) in [5.74, 6) is 0.840. The molecule has 0 atom stereocenters. The van der Waals surface area contributed by atoms with Crippen LogP contribution in [-0.4, -0.2) is 26.3 Å². The Kier molecular flexibility index (Phi) is 5.12. The zero-order valence-corrected chi connectivity index (χ0v) is 16.2. The predicted molar refractivity (Wildman–Crippen MR) is 116 cm³/mol. The molecule has 1 N–H and O–H groups in total. The average Bonchev–Trinajstić information content (AvgIpc) is 2.78. The summed E-state index contributed by atoms with van der Waals surface area (Å²) in [6.45, 7) is 0. The molecule has 0 heterocycles. The summed E-state index contributed by atoms with van der Waals surface area (Å²) in [6, 6.07) is 23.3. The van der Waals surface area contributed by atoms with Crippen molar-refractivity contribution in [3.63, 3.8) is 0 Å². The molecule has 5 nitrogen and oxygen atoms in total. The first-order valence-electron chi connectivity index (χ1n) is 9.17. The van der Waals surface area contributed by atoms with Gasteiger partial charge in [0.2, 0.25) is 0 Å². The maximum absolute atomic E-state index is 12.7. The molecule has 0 saturated heterocycles. The predicted octanol–water partition coefficient (Wildman–Crippen LogP) is 4.77. The number of fused-ring (bicyclic) bond motifs is 2. The maximum Gasteiger partial charge on any atom is 0.275 e. The summed E-state index contributed by atoms with van der Waals surface area (Å²) in [6.07, 6.45) is 1.60. The van der Waals surface area contributed by atoms with E-state index < -0.39 is 0 Å². The van der Waals surface area contributed by atoms with Crippen molar-refractivity contribution in [1.29, 1.82) is 0 Å². The van der Waals surface area contributed by atoms with Gasteiger partial charge in [0.25, 0.3) is 5.91 Å². The lowest BCUT2D eigenvalue weighted by atomic mass is 10.0. The first-order valence-corrected chi connectivity index (χ1v) is 9.17. The molecule has 0 aromatic heterocycles. The van der Waals surface area contributed by atoms with Crippen molar-refractivity contribution in [2.75, 3.05) is 14.2 Å². The van der Waals surface area contributed by atoms with Gasteiger partial charge in [-0.2, -0.15) is 5.10 Å². The number of carbonyl (C=O) groups excluding carboxylic acids is 1. The molecular formula is C24H20N2O3. The Morgan fingerprint density at radius 3 is 2.21 bits per heavy atom. The summed E-state index contributed by atoms with van der Waals surface area (Å²) in [5.41, 5.74) is 3.82. The minimum absolute atomic E-state index is 0.344. The van der Waals surface area contributed by atoms with Gasteiger partial charge in [0.05, 0.1) is 26.0 Å². The zero-order chi connectivity index (χ0) is 20.2. The Hall–Kier alpha value is -3.86. The highest BCUT2D eigenvalue weighted by atomic mass is 16.5. The first kappa shape index (κ1) is 18.5. The van der Waals surface area contributed by atoms with Crippen LogP contribution in [0.25, 0.3) is 21.5 Å². The number of hydrazone groups is 1. The van der Waals surface area contributed by atoms with E-state index in [-0.39, 0.29) is 5.91 Å². The molecule has 0 radical (unpaired) electrons. The molecule has 5 heteroatoms. The van der Waals surface area contributed by atoms with Crippen molar-refractivity contribution in [2.24, 2.45) is 5.10 Å². The van der Waals surface area contributed by atoms with Crippen LogP contribution in [0.3, 0.4) is 0 Å². The van der Waals surface area contributed by atoms with E-state index in [1.807, 2.05) is 66.7 Å². The van der Waals surface area contributed by atoms with Crippen molar-refractivity contribution in [2.45, 2.75) is 0 Å². The Labute approximate surface area is 168 Å². The van der Waals surface area contributed by atoms with E-state index in [0.29, 0.717) is 17.1 Å². The van der Waals surface area contributed by atoms with Gasteiger partial charge in [0, 0.05) is 5.56 Å². The second-order valence-electron chi connectivity index (χ2n) is 6.50. The molecule has 1 amide bonds. The van der Waals surface area contributed by atoms with Crippen LogP contribution < -0.4 is 14.9 Å². The van der Waals surface area contributed by atoms with Crippen LogP contribution in [0.4, 0.5) is 0 Å². The third kappa shape index (κ3) is 3.62. The second kappa shape index (κ2) is 8.02. The number of ether oxygens (including phenoxy) is 2. The smallest absolute Gasteiger partial charge is 0.275 e. The van der Waals surface area contributed by atoms with Gasteiger partial charge < -0.3 is 9.47 Å². The largest absolute Gasteiger partial charge is 0.496 e. The van der Waals surface area contributed by atoms with Crippen LogP contribution in [0, 0.1) is 0 Å². The number of hydrogen-bond donors (Lipinski definition) is 1. The molecule has 144 valence electrons. The molecular weight excluding hydrogens is 364 g/mol. The van der Waals surface area contributed by atoms with E-state index in [1.54, 1.807) is 26.5 Å². The van der Waals surface area contributed by atoms with Gasteiger partial charge in [-0.15, -0.1) is 0 Å². The average molecular weight is 384 g/mol. The number of carbonyl (C=O) groups is 1. The number of benzene rings is 4. The molecule has 0 aliphatic heterocycles. The zero-order valence-electron chi connectivity index (χ0n) is 16.2. The molecule has 0 bridgehead atoms. The van der Waals surface area contributed by atoms with E-state index in [2.05, 4.69) is 10.5 Å². The van der Waals surface area contributed by atoms with E-state index in [0.717, 1.165) is 27.1 Å². The summed E-state index contributed by atoms with van der Waals surface area (Å²) in [7, 11) is 3.16. The fraction of sp³-hybridized carbons (Fsp3) is 0.0833. The molecule has 0 fully saturated rings. The number of nitrogens with zero attached hydrogens (tertiary/aromatic N) is 1. The van der Waals surface area contributed by atoms with Crippen LogP contribution >= 0.6 is 0 Å². The van der Waals surface area contributed by atoms with E-state index >= 15 is 0 Å². The molecule has 0 aliphatic rings. The van der Waals surface area contributed by atoms with Crippen molar-refractivity contribution < 1.29 is 14.3 Å². The number of rotatable bonds is 5. The summed E-state index contributed by atoms with van der Waals surface area (Å²) < 4.78 is 10.9. The fourth-order valence-corrected chi connectivity index (χ4v) is 3.37. The number of amides is 1. The normalized spacial score (nSPS) is 11.1. The van der Waals surface area contributed by atoms with Crippen LogP contribution in [-0.2, 0) is 0 Å². The number of methoxy groups -OCH3 is 2. The van der Waals surface area contributed by atoms with Crippen molar-refractivity contribution in [1.82, 2.24) is 5.43 Å². The Morgan fingerprint density at radius 1 is 0.828 bits per heavy atom. The number of hydrogen-bond acceptors (Lipinski definition) is 4. The quantitative estimate of drug-likeness (QED) is 0.398. The van der Waals surface area contributed by atoms with Crippen LogP contribution in [0.2, 0.25) is 0 Å². The number of nitrogens with one attached hydrogen (secondary N) is 1. The molecule has 0 spiro atoms. The van der Waals surface area contributed by atoms with Gasteiger partial charge in [-0.1, -0.05) is 54.6 Å². The minimum atomic E-state index is -0.344. The van der Waals surface area contributed by atoms with Gasteiger partial charge >= 0.3 is 0 Å². The van der Waals surface area contributed by atoms with Crippen molar-refractivity contribution >= 4 is 33.7 Å². The highest BCUT2D eigenvalue weighted by Gasteiger charge is 2.13. The molecule has 0 saturated carbocycles. The van der Waals surface area contributed by atoms with Crippen LogP contribution in [0.15, 0.2) is 77.9 Å². The highest BCUT2D eigenvalue weighted by Crippen LogP contribution is 2.27. The topological polar surface area (TPSA) is 59.9 Å². The van der Waals surface area contributed by atoms with E-state index in [4.69, 9.17) is 9.47 Å². The summed E-state index contributed by atoms with van der Waals surface area (Å²) in [5, 5.41) is 8.19. The first-order chi connectivity index (χ1) is 14.2. The van der Waals surface area contributed by atoms with Gasteiger partial charge in [-0.3, -0.25) is 4.79 Å². The lowest BCUT2D eigenvalue weighted by Crippen LogP contribution is -2.18. The van der Waals surface area contributed by atoms with Gasteiger partial charge in [-0.05, 0) is 39.7 Å². The molecule has 4 rings (SSSR count).